The molecule has 1 atom stereocenters. The van der Waals surface area contributed by atoms with Crippen molar-refractivity contribution >= 4 is 33.6 Å². The van der Waals surface area contributed by atoms with Gasteiger partial charge in [-0.1, -0.05) is 158 Å². The van der Waals surface area contributed by atoms with Crippen molar-refractivity contribution in [3.05, 3.63) is 193 Å². The highest BCUT2D eigenvalue weighted by atomic mass is 16.3. The standard InChI is InChI=1S/C45H31N3O/c1-4-14-30(15-5-1)35-20-10-11-21-36(35)32-24-26-34(27-25-32)44-46-43(33-18-8-3-9-19-33)47-45(48-44)39-29-28-37(31-16-6-2-7-17-31)42-41(39)38-22-12-13-23-40(38)49-42/h1-29,43H,(H,46,47,48). The molecule has 1 aliphatic heterocycles. The van der Waals surface area contributed by atoms with E-state index in [0.717, 1.165) is 61.2 Å². The van der Waals surface area contributed by atoms with Crippen LogP contribution in [-0.2, 0) is 0 Å². The van der Waals surface area contributed by atoms with Gasteiger partial charge in [-0.3, -0.25) is 0 Å². The van der Waals surface area contributed by atoms with E-state index < -0.39 is 0 Å². The smallest absolute Gasteiger partial charge is 0.159 e. The van der Waals surface area contributed by atoms with Gasteiger partial charge >= 0.3 is 0 Å². The lowest BCUT2D eigenvalue weighted by Gasteiger charge is -2.24. The molecule has 4 heteroatoms. The Bertz CT molecular complexity index is 2500. The van der Waals surface area contributed by atoms with Gasteiger partial charge in [0.2, 0.25) is 0 Å². The van der Waals surface area contributed by atoms with Crippen molar-refractivity contribution in [2.24, 2.45) is 9.98 Å². The fraction of sp³-hybridized carbons (Fsp3) is 0.0222. The van der Waals surface area contributed by atoms with Crippen molar-refractivity contribution in [2.75, 3.05) is 0 Å². The van der Waals surface area contributed by atoms with Gasteiger partial charge in [0, 0.05) is 27.5 Å². The van der Waals surface area contributed by atoms with Crippen LogP contribution in [0.5, 0.6) is 0 Å². The number of benzene rings is 7. The summed E-state index contributed by atoms with van der Waals surface area (Å²) in [5, 5.41) is 5.76. The minimum Gasteiger partial charge on any atom is -0.455 e. The second-order valence-electron chi connectivity index (χ2n) is 12.2. The SMILES string of the molecule is c1ccc(-c2ccccc2-c2ccc(C3=NC(c4ccccc4)NC(c4ccc(-c5ccccc5)c5oc6ccccc6c45)=N3)cc2)cc1. The minimum absolute atomic E-state index is 0.316. The van der Waals surface area contributed by atoms with E-state index in [2.05, 4.69) is 145 Å². The monoisotopic (exact) mass is 629 g/mol. The third kappa shape index (κ3) is 5.30. The van der Waals surface area contributed by atoms with Gasteiger partial charge in [-0.2, -0.15) is 0 Å². The molecule has 2 heterocycles. The molecular weight excluding hydrogens is 599 g/mol. The number of amidine groups is 2. The first-order valence-corrected chi connectivity index (χ1v) is 16.5. The predicted molar refractivity (Wildman–Crippen MR) is 202 cm³/mol. The predicted octanol–water partition coefficient (Wildman–Crippen LogP) is 11.1. The van der Waals surface area contributed by atoms with Gasteiger partial charge in [0.1, 0.15) is 23.2 Å². The van der Waals surface area contributed by atoms with Crippen LogP contribution in [0.25, 0.3) is 55.3 Å². The van der Waals surface area contributed by atoms with Gasteiger partial charge in [0.05, 0.1) is 0 Å². The number of hydrogen-bond acceptors (Lipinski definition) is 4. The molecule has 1 unspecified atom stereocenters. The van der Waals surface area contributed by atoms with Crippen LogP contribution in [0, 0.1) is 0 Å². The highest BCUT2D eigenvalue weighted by Gasteiger charge is 2.25. The molecule has 0 bridgehead atoms. The lowest BCUT2D eigenvalue weighted by Crippen LogP contribution is -2.33. The van der Waals surface area contributed by atoms with Crippen molar-refractivity contribution in [1.29, 1.82) is 0 Å². The van der Waals surface area contributed by atoms with Crippen LogP contribution in [0.4, 0.5) is 0 Å². The normalized spacial score (nSPS) is 14.3. The summed E-state index contributed by atoms with van der Waals surface area (Å²) in [6, 6.07) is 60.9. The Kier molecular flexibility index (Phi) is 7.17. The van der Waals surface area contributed by atoms with E-state index in [1.54, 1.807) is 0 Å². The lowest BCUT2D eigenvalue weighted by molar-refractivity contribution is 0.668. The summed E-state index contributed by atoms with van der Waals surface area (Å²) in [6.45, 7) is 0. The Hall–Kier alpha value is -6.52. The fourth-order valence-corrected chi connectivity index (χ4v) is 6.80. The first kappa shape index (κ1) is 28.7. The molecule has 9 rings (SSSR count). The molecule has 0 fully saturated rings. The number of hydrogen-bond donors (Lipinski definition) is 1. The molecule has 0 spiro atoms. The molecule has 0 saturated heterocycles. The van der Waals surface area contributed by atoms with Crippen molar-refractivity contribution in [2.45, 2.75) is 6.17 Å². The number of para-hydroxylation sites is 1. The second-order valence-corrected chi connectivity index (χ2v) is 12.2. The highest BCUT2D eigenvalue weighted by Crippen LogP contribution is 2.39. The zero-order valence-electron chi connectivity index (χ0n) is 26.6. The van der Waals surface area contributed by atoms with Crippen molar-refractivity contribution < 1.29 is 4.42 Å². The van der Waals surface area contributed by atoms with Crippen LogP contribution in [0.1, 0.15) is 22.9 Å². The van der Waals surface area contributed by atoms with E-state index in [1.165, 1.54) is 16.7 Å². The molecule has 8 aromatic rings. The largest absolute Gasteiger partial charge is 0.455 e. The van der Waals surface area contributed by atoms with E-state index in [1.807, 2.05) is 36.4 Å². The van der Waals surface area contributed by atoms with Crippen LogP contribution in [0.2, 0.25) is 0 Å². The third-order valence-corrected chi connectivity index (χ3v) is 9.19. The van der Waals surface area contributed by atoms with Gasteiger partial charge in [-0.15, -0.1) is 0 Å². The Morgan fingerprint density at radius 3 is 1.67 bits per heavy atom. The van der Waals surface area contributed by atoms with Crippen LogP contribution in [0.15, 0.2) is 190 Å². The maximum absolute atomic E-state index is 6.58. The molecule has 49 heavy (non-hydrogen) atoms. The van der Waals surface area contributed by atoms with E-state index in [9.17, 15) is 0 Å². The van der Waals surface area contributed by atoms with Gasteiger partial charge in [-0.25, -0.2) is 9.98 Å². The summed E-state index contributed by atoms with van der Waals surface area (Å²) in [5.41, 5.74) is 11.6. The topological polar surface area (TPSA) is 49.9 Å². The van der Waals surface area contributed by atoms with Gasteiger partial charge in [0.15, 0.2) is 5.84 Å². The summed E-state index contributed by atoms with van der Waals surface area (Å²) < 4.78 is 6.58. The fourth-order valence-electron chi connectivity index (χ4n) is 6.80. The van der Waals surface area contributed by atoms with E-state index in [-0.39, 0.29) is 6.17 Å². The first-order chi connectivity index (χ1) is 24.3. The lowest BCUT2D eigenvalue weighted by atomic mass is 9.94. The van der Waals surface area contributed by atoms with E-state index in [0.29, 0.717) is 5.84 Å². The molecule has 0 saturated carbocycles. The van der Waals surface area contributed by atoms with E-state index in [4.69, 9.17) is 14.4 Å². The zero-order valence-corrected chi connectivity index (χ0v) is 26.6. The highest BCUT2D eigenvalue weighted by molar-refractivity contribution is 6.23. The molecule has 0 amide bonds. The quantitative estimate of drug-likeness (QED) is 0.199. The summed E-state index contributed by atoms with van der Waals surface area (Å²) in [4.78, 5) is 10.4. The number of fused-ring (bicyclic) bond motifs is 3. The average molecular weight is 630 g/mol. The number of furan rings is 1. The minimum atomic E-state index is -0.316. The molecular formula is C45H31N3O. The number of aliphatic imine (C=N–C) groups is 2. The summed E-state index contributed by atoms with van der Waals surface area (Å²) in [7, 11) is 0. The molecule has 1 aliphatic rings. The first-order valence-electron chi connectivity index (χ1n) is 16.5. The van der Waals surface area contributed by atoms with E-state index >= 15 is 0 Å². The molecule has 4 nitrogen and oxygen atoms in total. The molecule has 1 aromatic heterocycles. The average Bonchev–Trinajstić information content (AvgIpc) is 3.58. The number of rotatable bonds is 6. The van der Waals surface area contributed by atoms with Gasteiger partial charge in [-0.05, 0) is 51.6 Å². The van der Waals surface area contributed by atoms with Gasteiger partial charge in [0.25, 0.3) is 0 Å². The Labute approximate surface area is 284 Å². The maximum Gasteiger partial charge on any atom is 0.159 e. The molecule has 0 radical (unpaired) electrons. The Morgan fingerprint density at radius 2 is 0.980 bits per heavy atom. The molecule has 1 N–H and O–H groups in total. The molecule has 0 aliphatic carbocycles. The van der Waals surface area contributed by atoms with Crippen LogP contribution in [0.3, 0.4) is 0 Å². The number of nitrogens with one attached hydrogen (secondary N) is 1. The summed E-state index contributed by atoms with van der Waals surface area (Å²) in [6.07, 6.45) is -0.316. The summed E-state index contributed by atoms with van der Waals surface area (Å²) in [5.74, 6) is 1.44. The van der Waals surface area contributed by atoms with Crippen molar-refractivity contribution in [3.8, 4) is 33.4 Å². The van der Waals surface area contributed by atoms with Crippen LogP contribution in [-0.4, -0.2) is 11.7 Å². The Balaban J connectivity index is 1.18. The van der Waals surface area contributed by atoms with Crippen molar-refractivity contribution in [3.63, 3.8) is 0 Å². The molecule has 232 valence electrons. The second kappa shape index (κ2) is 12.3. The van der Waals surface area contributed by atoms with Crippen LogP contribution < -0.4 is 5.32 Å². The van der Waals surface area contributed by atoms with Gasteiger partial charge < -0.3 is 9.73 Å². The molecule has 7 aromatic carbocycles. The maximum atomic E-state index is 6.58. The number of nitrogens with zero attached hydrogens (tertiary/aromatic N) is 2. The van der Waals surface area contributed by atoms with Crippen molar-refractivity contribution in [1.82, 2.24) is 5.32 Å². The summed E-state index contributed by atoms with van der Waals surface area (Å²) >= 11 is 0. The zero-order chi connectivity index (χ0) is 32.6. The Morgan fingerprint density at radius 1 is 0.449 bits per heavy atom. The van der Waals surface area contributed by atoms with Crippen LogP contribution >= 0.6 is 0 Å². The third-order valence-electron chi connectivity index (χ3n) is 9.19.